The molecule has 0 bridgehead atoms. The molecule has 0 spiro atoms. The minimum absolute atomic E-state index is 0.0157. The number of ether oxygens (including phenoxy) is 4. The zero-order chi connectivity index (χ0) is 26.9. The molecule has 0 saturated heterocycles. The summed E-state index contributed by atoms with van der Waals surface area (Å²) in [6.07, 6.45) is 0. The molecule has 0 radical (unpaired) electrons. The van der Waals surface area contributed by atoms with Crippen molar-refractivity contribution in [1.82, 2.24) is 9.88 Å². The highest BCUT2D eigenvalue weighted by Gasteiger charge is 2.24. The lowest BCUT2D eigenvalue weighted by molar-refractivity contribution is -0.144. The molecular weight excluding hydrogens is 492 g/mol. The van der Waals surface area contributed by atoms with E-state index in [4.69, 9.17) is 23.9 Å². The number of carbonyl (C=O) groups excluding carboxylic acids is 2. The predicted molar refractivity (Wildman–Crippen MR) is 143 cm³/mol. The lowest BCUT2D eigenvalue weighted by atomic mass is 10.1. The third-order valence-electron chi connectivity index (χ3n) is 5.83. The Morgan fingerprint density at radius 1 is 0.919 bits per heavy atom. The third-order valence-corrected chi connectivity index (χ3v) is 6.96. The standard InChI is InChI=1S/C28H34N2O6S/c1-7-35-25(31)17-30(15-21-11-12-22(33-5)14-24(21)34-6)16-23-26(28(32)36-8-2)37-27(29-23)20-10-9-18(3)19(4)13-20/h9-14H,7-8,15-17H2,1-6H3. The number of esters is 2. The molecule has 9 heteroatoms. The molecular formula is C28H34N2O6S. The molecule has 0 aliphatic carbocycles. The van der Waals surface area contributed by atoms with Crippen molar-refractivity contribution in [2.45, 2.75) is 40.8 Å². The average molecular weight is 527 g/mol. The van der Waals surface area contributed by atoms with Gasteiger partial charge in [-0.05, 0) is 51.0 Å². The predicted octanol–water partition coefficient (Wildman–Crippen LogP) is 5.19. The van der Waals surface area contributed by atoms with Crippen molar-refractivity contribution >= 4 is 23.3 Å². The highest BCUT2D eigenvalue weighted by molar-refractivity contribution is 7.17. The summed E-state index contributed by atoms with van der Waals surface area (Å²) in [4.78, 5) is 32.5. The van der Waals surface area contributed by atoms with Crippen LogP contribution in [0.5, 0.6) is 11.5 Å². The van der Waals surface area contributed by atoms with Gasteiger partial charge in [0.05, 0.1) is 39.7 Å². The first kappa shape index (κ1) is 28.1. The van der Waals surface area contributed by atoms with E-state index in [1.165, 1.54) is 16.9 Å². The number of hydrogen-bond donors (Lipinski definition) is 0. The lowest BCUT2D eigenvalue weighted by Crippen LogP contribution is -2.31. The van der Waals surface area contributed by atoms with Crippen LogP contribution in [0.15, 0.2) is 36.4 Å². The minimum atomic E-state index is -0.428. The molecule has 0 fully saturated rings. The minimum Gasteiger partial charge on any atom is -0.497 e. The molecule has 0 saturated carbocycles. The molecule has 0 amide bonds. The normalized spacial score (nSPS) is 10.9. The second kappa shape index (κ2) is 13.2. The summed E-state index contributed by atoms with van der Waals surface area (Å²) in [5, 5.41) is 0.722. The van der Waals surface area contributed by atoms with Crippen molar-refractivity contribution in [3.8, 4) is 22.1 Å². The number of benzene rings is 2. The number of methoxy groups -OCH3 is 2. The largest absolute Gasteiger partial charge is 0.497 e. The maximum atomic E-state index is 12.9. The highest BCUT2D eigenvalue weighted by Crippen LogP contribution is 2.32. The molecule has 198 valence electrons. The van der Waals surface area contributed by atoms with Crippen LogP contribution in [0, 0.1) is 13.8 Å². The van der Waals surface area contributed by atoms with Gasteiger partial charge in [0.15, 0.2) is 0 Å². The molecule has 8 nitrogen and oxygen atoms in total. The zero-order valence-corrected chi connectivity index (χ0v) is 23.1. The number of aryl methyl sites for hydroxylation is 2. The van der Waals surface area contributed by atoms with Crippen molar-refractivity contribution in [1.29, 1.82) is 0 Å². The van der Waals surface area contributed by atoms with E-state index in [-0.39, 0.29) is 32.3 Å². The maximum absolute atomic E-state index is 12.9. The van der Waals surface area contributed by atoms with Gasteiger partial charge in [-0.3, -0.25) is 9.69 Å². The number of carbonyl (C=O) groups is 2. The fraction of sp³-hybridized carbons (Fsp3) is 0.393. The van der Waals surface area contributed by atoms with Gasteiger partial charge in [-0.25, -0.2) is 9.78 Å². The van der Waals surface area contributed by atoms with E-state index >= 15 is 0 Å². The molecule has 0 N–H and O–H groups in total. The summed E-state index contributed by atoms with van der Waals surface area (Å²) in [6.45, 7) is 8.79. The third kappa shape index (κ3) is 7.30. The van der Waals surface area contributed by atoms with Gasteiger partial charge in [-0.2, -0.15) is 0 Å². The Morgan fingerprint density at radius 3 is 2.32 bits per heavy atom. The van der Waals surface area contributed by atoms with Crippen molar-refractivity contribution in [2.75, 3.05) is 34.0 Å². The van der Waals surface area contributed by atoms with Crippen LogP contribution in [0.25, 0.3) is 10.6 Å². The van der Waals surface area contributed by atoms with Crippen LogP contribution >= 0.6 is 11.3 Å². The number of aromatic nitrogens is 1. The van der Waals surface area contributed by atoms with Crippen LogP contribution in [0.4, 0.5) is 0 Å². The molecule has 2 aromatic carbocycles. The molecule has 0 aliphatic heterocycles. The molecule has 3 rings (SSSR count). The van der Waals surface area contributed by atoms with E-state index in [1.54, 1.807) is 34.1 Å². The van der Waals surface area contributed by atoms with Crippen molar-refractivity contribution < 1.29 is 28.5 Å². The van der Waals surface area contributed by atoms with Crippen LogP contribution in [0.3, 0.4) is 0 Å². The Kier molecular flexibility index (Phi) is 10.0. The quantitative estimate of drug-likeness (QED) is 0.298. The van der Waals surface area contributed by atoms with Gasteiger partial charge in [-0.1, -0.05) is 18.2 Å². The van der Waals surface area contributed by atoms with Crippen molar-refractivity contribution in [2.24, 2.45) is 0 Å². The van der Waals surface area contributed by atoms with Gasteiger partial charge in [0.2, 0.25) is 0 Å². The monoisotopic (exact) mass is 526 g/mol. The summed E-state index contributed by atoms with van der Waals surface area (Å²) in [6, 6.07) is 11.6. The summed E-state index contributed by atoms with van der Waals surface area (Å²) >= 11 is 1.30. The highest BCUT2D eigenvalue weighted by atomic mass is 32.1. The Hall–Kier alpha value is -3.43. The Labute approximate surface area is 222 Å². The van der Waals surface area contributed by atoms with Crippen molar-refractivity contribution in [3.63, 3.8) is 0 Å². The summed E-state index contributed by atoms with van der Waals surface area (Å²) in [5.74, 6) is 0.507. The summed E-state index contributed by atoms with van der Waals surface area (Å²) in [7, 11) is 3.18. The van der Waals surface area contributed by atoms with Crippen LogP contribution in [-0.4, -0.2) is 55.8 Å². The molecule has 0 aliphatic rings. The van der Waals surface area contributed by atoms with Gasteiger partial charge < -0.3 is 18.9 Å². The van der Waals surface area contributed by atoms with E-state index < -0.39 is 5.97 Å². The van der Waals surface area contributed by atoms with Gasteiger partial charge in [0, 0.05) is 30.3 Å². The number of thiazole rings is 1. The van der Waals surface area contributed by atoms with Crippen molar-refractivity contribution in [3.05, 3.63) is 63.7 Å². The molecule has 0 atom stereocenters. The second-order valence-electron chi connectivity index (χ2n) is 8.44. The molecule has 1 aromatic heterocycles. The van der Waals surface area contributed by atoms with Gasteiger partial charge in [0.1, 0.15) is 21.4 Å². The molecule has 1 heterocycles. The van der Waals surface area contributed by atoms with E-state index in [0.717, 1.165) is 21.7 Å². The molecule has 3 aromatic rings. The van der Waals surface area contributed by atoms with Crippen LogP contribution < -0.4 is 9.47 Å². The second-order valence-corrected chi connectivity index (χ2v) is 9.44. The smallest absolute Gasteiger partial charge is 0.350 e. The molecule has 37 heavy (non-hydrogen) atoms. The van der Waals surface area contributed by atoms with Crippen LogP contribution in [0.2, 0.25) is 0 Å². The Morgan fingerprint density at radius 2 is 1.68 bits per heavy atom. The number of rotatable bonds is 12. The molecule has 0 unspecified atom stereocenters. The topological polar surface area (TPSA) is 87.2 Å². The summed E-state index contributed by atoms with van der Waals surface area (Å²) in [5.41, 5.74) is 4.66. The van der Waals surface area contributed by atoms with E-state index in [9.17, 15) is 9.59 Å². The number of nitrogens with zero attached hydrogens (tertiary/aromatic N) is 2. The van der Waals surface area contributed by atoms with Crippen LogP contribution in [-0.2, 0) is 27.4 Å². The van der Waals surface area contributed by atoms with Gasteiger partial charge >= 0.3 is 11.9 Å². The van der Waals surface area contributed by atoms with E-state index in [1.807, 2.05) is 36.1 Å². The number of hydrogen-bond acceptors (Lipinski definition) is 9. The van der Waals surface area contributed by atoms with Gasteiger partial charge in [0.25, 0.3) is 0 Å². The zero-order valence-electron chi connectivity index (χ0n) is 22.3. The van der Waals surface area contributed by atoms with E-state index in [2.05, 4.69) is 13.0 Å². The Balaban J connectivity index is 1.99. The fourth-order valence-corrected chi connectivity index (χ4v) is 4.77. The van der Waals surface area contributed by atoms with Crippen LogP contribution in [0.1, 0.15) is 45.9 Å². The first-order valence-corrected chi connectivity index (χ1v) is 12.9. The Bertz CT molecular complexity index is 1240. The first-order chi connectivity index (χ1) is 17.8. The fourth-order valence-electron chi connectivity index (χ4n) is 3.81. The average Bonchev–Trinajstić information content (AvgIpc) is 3.30. The van der Waals surface area contributed by atoms with E-state index in [0.29, 0.717) is 28.6 Å². The summed E-state index contributed by atoms with van der Waals surface area (Å²) < 4.78 is 21.4. The maximum Gasteiger partial charge on any atom is 0.350 e. The van der Waals surface area contributed by atoms with Gasteiger partial charge in [-0.15, -0.1) is 11.3 Å². The first-order valence-electron chi connectivity index (χ1n) is 12.1. The SMILES string of the molecule is CCOC(=O)CN(Cc1ccc(OC)cc1OC)Cc1nc(-c2ccc(C)c(C)c2)sc1C(=O)OCC. The lowest BCUT2D eigenvalue weighted by Gasteiger charge is -2.22.